The number of benzene rings is 1. The van der Waals surface area contributed by atoms with Crippen molar-refractivity contribution in [3.63, 3.8) is 0 Å². The SMILES string of the molecule is CC(C)C[C@H](NCc1ccc(-n2cccn2)cc1)C(=O)O. The van der Waals surface area contributed by atoms with Crippen molar-refractivity contribution in [2.24, 2.45) is 5.92 Å². The Bertz CT molecular complexity index is 562. The largest absolute Gasteiger partial charge is 0.480 e. The summed E-state index contributed by atoms with van der Waals surface area (Å²) in [7, 11) is 0. The summed E-state index contributed by atoms with van der Waals surface area (Å²) in [5.74, 6) is -0.447. The Kier molecular flexibility index (Phi) is 5.11. The third kappa shape index (κ3) is 4.43. The van der Waals surface area contributed by atoms with Crippen LogP contribution < -0.4 is 5.32 Å². The molecule has 0 aliphatic heterocycles. The van der Waals surface area contributed by atoms with Gasteiger partial charge in [-0.3, -0.25) is 4.79 Å². The van der Waals surface area contributed by atoms with Gasteiger partial charge in [0.1, 0.15) is 6.04 Å². The van der Waals surface area contributed by atoms with Crippen LogP contribution in [0, 0.1) is 5.92 Å². The number of aromatic nitrogens is 2. The molecule has 0 aliphatic rings. The molecule has 0 amide bonds. The van der Waals surface area contributed by atoms with Crippen LogP contribution in [0.1, 0.15) is 25.8 Å². The van der Waals surface area contributed by atoms with Gasteiger partial charge in [-0.15, -0.1) is 0 Å². The summed E-state index contributed by atoms with van der Waals surface area (Å²) >= 11 is 0. The Balaban J connectivity index is 1.95. The van der Waals surface area contributed by atoms with Crippen LogP contribution >= 0.6 is 0 Å². The Morgan fingerprint density at radius 3 is 2.57 bits per heavy atom. The molecule has 0 aliphatic carbocycles. The van der Waals surface area contributed by atoms with Crippen LogP contribution in [0.4, 0.5) is 0 Å². The van der Waals surface area contributed by atoms with Gasteiger partial charge in [-0.25, -0.2) is 4.68 Å². The Hall–Kier alpha value is -2.14. The van der Waals surface area contributed by atoms with E-state index in [0.717, 1.165) is 11.3 Å². The van der Waals surface area contributed by atoms with E-state index in [1.54, 1.807) is 10.9 Å². The lowest BCUT2D eigenvalue weighted by molar-refractivity contribution is -0.140. The summed E-state index contributed by atoms with van der Waals surface area (Å²) < 4.78 is 1.79. The van der Waals surface area contributed by atoms with Crippen molar-refractivity contribution >= 4 is 5.97 Å². The van der Waals surface area contributed by atoms with Gasteiger partial charge in [-0.1, -0.05) is 26.0 Å². The molecule has 0 unspecified atom stereocenters. The molecule has 112 valence electrons. The van der Waals surface area contributed by atoms with Gasteiger partial charge in [0.05, 0.1) is 5.69 Å². The molecule has 0 saturated heterocycles. The molecule has 2 rings (SSSR count). The number of nitrogens with zero attached hydrogens (tertiary/aromatic N) is 2. The first-order valence-electron chi connectivity index (χ1n) is 7.11. The molecule has 0 radical (unpaired) electrons. The third-order valence-corrected chi connectivity index (χ3v) is 3.26. The predicted octanol–water partition coefficient (Wildman–Crippen LogP) is 2.46. The van der Waals surface area contributed by atoms with E-state index < -0.39 is 12.0 Å². The van der Waals surface area contributed by atoms with E-state index in [1.807, 2.05) is 50.4 Å². The van der Waals surface area contributed by atoms with Gasteiger partial charge >= 0.3 is 5.97 Å². The molecule has 5 nitrogen and oxygen atoms in total. The molecule has 2 aromatic rings. The lowest BCUT2D eigenvalue weighted by Gasteiger charge is -2.16. The molecule has 0 fully saturated rings. The average molecular weight is 287 g/mol. The zero-order chi connectivity index (χ0) is 15.2. The molecule has 21 heavy (non-hydrogen) atoms. The van der Waals surface area contributed by atoms with Crippen molar-refractivity contribution < 1.29 is 9.90 Å². The number of nitrogens with one attached hydrogen (secondary N) is 1. The first-order chi connectivity index (χ1) is 10.1. The van der Waals surface area contributed by atoms with Crippen LogP contribution in [0.5, 0.6) is 0 Å². The van der Waals surface area contributed by atoms with Crippen LogP contribution in [0.15, 0.2) is 42.7 Å². The summed E-state index contributed by atoms with van der Waals surface area (Å²) in [5, 5.41) is 16.5. The monoisotopic (exact) mass is 287 g/mol. The number of hydrogen-bond donors (Lipinski definition) is 2. The van der Waals surface area contributed by atoms with E-state index in [4.69, 9.17) is 0 Å². The quantitative estimate of drug-likeness (QED) is 0.821. The highest BCUT2D eigenvalue weighted by Gasteiger charge is 2.17. The lowest BCUT2D eigenvalue weighted by atomic mass is 10.0. The summed E-state index contributed by atoms with van der Waals surface area (Å²) in [5.41, 5.74) is 2.04. The van der Waals surface area contributed by atoms with E-state index in [2.05, 4.69) is 10.4 Å². The zero-order valence-corrected chi connectivity index (χ0v) is 12.4. The molecule has 1 aromatic heterocycles. The molecule has 0 bridgehead atoms. The van der Waals surface area contributed by atoms with Gasteiger partial charge in [0.2, 0.25) is 0 Å². The minimum Gasteiger partial charge on any atom is -0.480 e. The summed E-state index contributed by atoms with van der Waals surface area (Å²) in [6.45, 7) is 4.59. The van der Waals surface area contributed by atoms with E-state index in [1.165, 1.54) is 0 Å². The lowest BCUT2D eigenvalue weighted by Crippen LogP contribution is -2.37. The fraction of sp³-hybridized carbons (Fsp3) is 0.375. The number of rotatable bonds is 7. The maximum atomic E-state index is 11.2. The maximum Gasteiger partial charge on any atom is 0.320 e. The molecule has 2 N–H and O–H groups in total. The van der Waals surface area contributed by atoms with E-state index >= 15 is 0 Å². The number of carbonyl (C=O) groups is 1. The van der Waals surface area contributed by atoms with Crippen LogP contribution in [-0.4, -0.2) is 26.9 Å². The van der Waals surface area contributed by atoms with E-state index in [9.17, 15) is 9.90 Å². The fourth-order valence-corrected chi connectivity index (χ4v) is 2.17. The summed E-state index contributed by atoms with van der Waals surface area (Å²) in [6.07, 6.45) is 4.25. The smallest absolute Gasteiger partial charge is 0.320 e. The van der Waals surface area contributed by atoms with Gasteiger partial charge in [0, 0.05) is 18.9 Å². The molecule has 0 saturated carbocycles. The number of carboxylic acid groups (broad SMARTS) is 1. The molecule has 1 aromatic carbocycles. The van der Waals surface area contributed by atoms with Crippen molar-refractivity contribution in [1.29, 1.82) is 0 Å². The van der Waals surface area contributed by atoms with E-state index in [-0.39, 0.29) is 0 Å². The van der Waals surface area contributed by atoms with Crippen LogP contribution in [0.2, 0.25) is 0 Å². The Labute approximate surface area is 124 Å². The highest BCUT2D eigenvalue weighted by atomic mass is 16.4. The fourth-order valence-electron chi connectivity index (χ4n) is 2.17. The predicted molar refractivity (Wildman–Crippen MR) is 81.3 cm³/mol. The average Bonchev–Trinajstić information content (AvgIpc) is 2.97. The highest BCUT2D eigenvalue weighted by molar-refractivity contribution is 5.73. The second-order valence-corrected chi connectivity index (χ2v) is 5.52. The second-order valence-electron chi connectivity index (χ2n) is 5.52. The first kappa shape index (κ1) is 15.3. The van der Waals surface area contributed by atoms with Crippen molar-refractivity contribution in [3.05, 3.63) is 48.3 Å². The number of carboxylic acids is 1. The summed E-state index contributed by atoms with van der Waals surface area (Å²) in [6, 6.07) is 9.29. The topological polar surface area (TPSA) is 67.2 Å². The number of aliphatic carboxylic acids is 1. The third-order valence-electron chi connectivity index (χ3n) is 3.26. The molecule has 0 spiro atoms. The van der Waals surface area contributed by atoms with Crippen molar-refractivity contribution in [2.75, 3.05) is 0 Å². The van der Waals surface area contributed by atoms with Crippen molar-refractivity contribution in [1.82, 2.24) is 15.1 Å². The number of hydrogen-bond acceptors (Lipinski definition) is 3. The summed E-state index contributed by atoms with van der Waals surface area (Å²) in [4.78, 5) is 11.2. The zero-order valence-electron chi connectivity index (χ0n) is 12.4. The van der Waals surface area contributed by atoms with Gasteiger partial charge < -0.3 is 10.4 Å². The molecule has 1 heterocycles. The molecular weight excluding hydrogens is 266 g/mol. The minimum absolute atomic E-state index is 0.348. The Morgan fingerprint density at radius 1 is 1.33 bits per heavy atom. The highest BCUT2D eigenvalue weighted by Crippen LogP contribution is 2.10. The molecular formula is C16H21N3O2. The van der Waals surface area contributed by atoms with Crippen molar-refractivity contribution in [2.45, 2.75) is 32.9 Å². The van der Waals surface area contributed by atoms with Gasteiger partial charge in [-0.2, -0.15) is 5.10 Å². The molecule has 5 heteroatoms. The van der Waals surface area contributed by atoms with Gasteiger partial charge in [0.25, 0.3) is 0 Å². The second kappa shape index (κ2) is 7.04. The molecule has 1 atom stereocenters. The van der Waals surface area contributed by atoms with Gasteiger partial charge in [-0.05, 0) is 36.1 Å². The first-order valence-corrected chi connectivity index (χ1v) is 7.11. The van der Waals surface area contributed by atoms with Gasteiger partial charge in [0.15, 0.2) is 0 Å². The maximum absolute atomic E-state index is 11.2. The van der Waals surface area contributed by atoms with Crippen LogP contribution in [0.3, 0.4) is 0 Å². The van der Waals surface area contributed by atoms with Crippen molar-refractivity contribution in [3.8, 4) is 5.69 Å². The van der Waals surface area contributed by atoms with E-state index in [0.29, 0.717) is 18.9 Å². The van der Waals surface area contributed by atoms with Crippen LogP contribution in [0.25, 0.3) is 5.69 Å². The minimum atomic E-state index is -0.795. The van der Waals surface area contributed by atoms with Crippen LogP contribution in [-0.2, 0) is 11.3 Å². The normalized spacial score (nSPS) is 12.5. The Morgan fingerprint density at radius 2 is 2.05 bits per heavy atom. The standard InChI is InChI=1S/C16H21N3O2/c1-12(2)10-15(16(20)21)17-11-13-4-6-14(7-5-13)19-9-3-8-18-19/h3-9,12,15,17H,10-11H2,1-2H3,(H,20,21)/t15-/m0/s1.